The average Bonchev–Trinajstić information content (AvgIpc) is 2.40. The summed E-state index contributed by atoms with van der Waals surface area (Å²) in [6.07, 6.45) is 8.67. The molecule has 3 heteroatoms. The molecule has 0 aromatic heterocycles. The molecule has 2 atom stereocenters. The van der Waals surface area contributed by atoms with Crippen molar-refractivity contribution in [2.75, 3.05) is 12.9 Å². The average molecular weight is 288 g/mol. The Morgan fingerprint density at radius 1 is 1.26 bits per heavy atom. The summed E-state index contributed by atoms with van der Waals surface area (Å²) in [5.41, 5.74) is 0.503. The lowest BCUT2D eigenvalue weighted by atomic mass is 9.69. The molecule has 114 valence electrons. The van der Waals surface area contributed by atoms with Gasteiger partial charge in [-0.25, -0.2) is 0 Å². The van der Waals surface area contributed by atoms with E-state index in [1.165, 1.54) is 32.1 Å². The number of aliphatic hydroxyl groups is 1. The summed E-state index contributed by atoms with van der Waals surface area (Å²) in [6.45, 7) is 9.64. The third-order valence-electron chi connectivity index (χ3n) is 5.28. The van der Waals surface area contributed by atoms with E-state index in [0.29, 0.717) is 22.7 Å². The van der Waals surface area contributed by atoms with Crippen molar-refractivity contribution in [3.63, 3.8) is 0 Å². The minimum atomic E-state index is 0.271. The third-order valence-corrected chi connectivity index (χ3v) is 6.45. The Morgan fingerprint density at radius 3 is 2.26 bits per heavy atom. The first-order chi connectivity index (χ1) is 8.94. The number of hydrogen-bond donors (Lipinski definition) is 2. The first kappa shape index (κ1) is 17.3. The molecule has 0 amide bonds. The largest absolute Gasteiger partial charge is 0.395 e. The van der Waals surface area contributed by atoms with Crippen molar-refractivity contribution in [1.82, 2.24) is 5.32 Å². The second-order valence-electron chi connectivity index (χ2n) is 6.80. The summed E-state index contributed by atoms with van der Waals surface area (Å²) < 4.78 is 0. The molecule has 0 aromatic carbocycles. The van der Waals surface area contributed by atoms with Crippen LogP contribution in [0.2, 0.25) is 0 Å². The van der Waals surface area contributed by atoms with Gasteiger partial charge in [0.1, 0.15) is 0 Å². The van der Waals surface area contributed by atoms with Crippen LogP contribution in [0.4, 0.5) is 0 Å². The van der Waals surface area contributed by atoms with Crippen molar-refractivity contribution in [1.29, 1.82) is 0 Å². The number of aliphatic hydroxyl groups excluding tert-OH is 1. The quantitative estimate of drug-likeness (QED) is 0.749. The molecule has 2 N–H and O–H groups in total. The molecule has 0 heterocycles. The molecule has 0 bridgehead atoms. The minimum absolute atomic E-state index is 0.271. The minimum Gasteiger partial charge on any atom is -0.395 e. The van der Waals surface area contributed by atoms with Crippen molar-refractivity contribution in [3.05, 3.63) is 0 Å². The lowest BCUT2D eigenvalue weighted by molar-refractivity contribution is 0.133. The molecule has 0 saturated heterocycles. The van der Waals surface area contributed by atoms with Crippen molar-refractivity contribution in [2.45, 2.75) is 77.1 Å². The molecule has 1 saturated carbocycles. The lowest BCUT2D eigenvalue weighted by Gasteiger charge is -2.40. The van der Waals surface area contributed by atoms with E-state index in [2.05, 4.69) is 39.3 Å². The van der Waals surface area contributed by atoms with Gasteiger partial charge in [-0.2, -0.15) is 11.8 Å². The summed E-state index contributed by atoms with van der Waals surface area (Å²) in [5.74, 6) is 0.889. The molecule has 1 aliphatic rings. The molecule has 2 nitrogen and oxygen atoms in total. The van der Waals surface area contributed by atoms with Gasteiger partial charge in [0, 0.05) is 17.3 Å². The fourth-order valence-electron chi connectivity index (χ4n) is 3.25. The number of thioether (sulfide) groups is 1. The van der Waals surface area contributed by atoms with Gasteiger partial charge in [-0.15, -0.1) is 0 Å². The molecule has 1 fully saturated rings. The predicted molar refractivity (Wildman–Crippen MR) is 86.8 cm³/mol. The van der Waals surface area contributed by atoms with Crippen LogP contribution in [0.15, 0.2) is 0 Å². The summed E-state index contributed by atoms with van der Waals surface area (Å²) in [6, 6.07) is 1.06. The Balaban J connectivity index is 2.38. The van der Waals surface area contributed by atoms with Gasteiger partial charge < -0.3 is 10.4 Å². The number of hydrogen-bond acceptors (Lipinski definition) is 3. The van der Waals surface area contributed by atoms with Crippen LogP contribution in [0.5, 0.6) is 0 Å². The fourth-order valence-corrected chi connectivity index (χ4v) is 3.88. The van der Waals surface area contributed by atoms with E-state index in [1.807, 2.05) is 0 Å². The van der Waals surface area contributed by atoms with Gasteiger partial charge in [0.05, 0.1) is 6.61 Å². The van der Waals surface area contributed by atoms with Gasteiger partial charge >= 0.3 is 0 Å². The fraction of sp³-hybridized carbons (Fsp3) is 1.00. The zero-order valence-electron chi connectivity index (χ0n) is 13.4. The molecule has 19 heavy (non-hydrogen) atoms. The van der Waals surface area contributed by atoms with E-state index in [4.69, 9.17) is 0 Å². The molecule has 0 radical (unpaired) electrons. The highest BCUT2D eigenvalue weighted by atomic mass is 32.2. The van der Waals surface area contributed by atoms with E-state index >= 15 is 0 Å². The first-order valence-electron chi connectivity index (χ1n) is 7.84. The summed E-state index contributed by atoms with van der Waals surface area (Å²) in [5, 5.41) is 13.4. The SMILES string of the molecule is CCC(C)(C)C1CCC(NC(C)C(CO)SC)CC1. The van der Waals surface area contributed by atoms with Gasteiger partial charge in [-0.3, -0.25) is 0 Å². The topological polar surface area (TPSA) is 32.3 Å². The van der Waals surface area contributed by atoms with Crippen LogP contribution in [0.1, 0.15) is 59.8 Å². The normalized spacial score (nSPS) is 28.1. The van der Waals surface area contributed by atoms with Gasteiger partial charge in [0.15, 0.2) is 0 Å². The summed E-state index contributed by atoms with van der Waals surface area (Å²) in [7, 11) is 0. The molecule has 0 spiro atoms. The third kappa shape index (κ3) is 4.95. The summed E-state index contributed by atoms with van der Waals surface area (Å²) in [4.78, 5) is 0. The smallest absolute Gasteiger partial charge is 0.0564 e. The van der Waals surface area contributed by atoms with Gasteiger partial charge in [-0.05, 0) is 50.2 Å². The highest BCUT2D eigenvalue weighted by Gasteiger charge is 2.32. The Morgan fingerprint density at radius 2 is 1.84 bits per heavy atom. The van der Waals surface area contributed by atoms with Crippen LogP contribution >= 0.6 is 11.8 Å². The van der Waals surface area contributed by atoms with E-state index in [0.717, 1.165) is 5.92 Å². The van der Waals surface area contributed by atoms with E-state index < -0.39 is 0 Å². The summed E-state index contributed by atoms with van der Waals surface area (Å²) >= 11 is 1.76. The van der Waals surface area contributed by atoms with Crippen molar-refractivity contribution in [3.8, 4) is 0 Å². The van der Waals surface area contributed by atoms with Gasteiger partial charge in [0.2, 0.25) is 0 Å². The van der Waals surface area contributed by atoms with E-state index in [-0.39, 0.29) is 6.61 Å². The van der Waals surface area contributed by atoms with Crippen molar-refractivity contribution >= 4 is 11.8 Å². The number of nitrogens with one attached hydrogen (secondary N) is 1. The standard InChI is InChI=1S/C16H33NOS/c1-6-16(3,4)13-7-9-14(10-8-13)17-12(2)15(11-18)19-5/h12-15,17-18H,6-11H2,1-5H3. The number of rotatable bonds is 7. The molecule has 1 rings (SSSR count). The zero-order valence-corrected chi connectivity index (χ0v) is 14.2. The maximum Gasteiger partial charge on any atom is 0.0564 e. The van der Waals surface area contributed by atoms with Gasteiger partial charge in [0.25, 0.3) is 0 Å². The molecule has 0 aromatic rings. The monoisotopic (exact) mass is 287 g/mol. The van der Waals surface area contributed by atoms with Crippen LogP contribution < -0.4 is 5.32 Å². The first-order valence-corrected chi connectivity index (χ1v) is 9.13. The Bertz CT molecular complexity index is 245. The highest BCUT2D eigenvalue weighted by molar-refractivity contribution is 7.99. The van der Waals surface area contributed by atoms with Crippen LogP contribution in [0.3, 0.4) is 0 Å². The zero-order chi connectivity index (χ0) is 14.5. The van der Waals surface area contributed by atoms with Crippen LogP contribution in [0.25, 0.3) is 0 Å². The predicted octanol–water partition coefficient (Wildman–Crippen LogP) is 3.68. The van der Waals surface area contributed by atoms with E-state index in [9.17, 15) is 5.11 Å². The van der Waals surface area contributed by atoms with Gasteiger partial charge in [-0.1, -0.05) is 27.2 Å². The van der Waals surface area contributed by atoms with E-state index in [1.54, 1.807) is 11.8 Å². The van der Waals surface area contributed by atoms with Crippen molar-refractivity contribution in [2.24, 2.45) is 11.3 Å². The molecule has 0 aliphatic heterocycles. The maximum absolute atomic E-state index is 9.35. The molecular weight excluding hydrogens is 254 g/mol. The molecule has 2 unspecified atom stereocenters. The van der Waals surface area contributed by atoms with Crippen LogP contribution in [-0.4, -0.2) is 35.3 Å². The lowest BCUT2D eigenvalue weighted by Crippen LogP contribution is -2.45. The Labute approximate surface area is 124 Å². The maximum atomic E-state index is 9.35. The van der Waals surface area contributed by atoms with Crippen LogP contribution in [0, 0.1) is 11.3 Å². The van der Waals surface area contributed by atoms with Crippen LogP contribution in [-0.2, 0) is 0 Å². The Hall–Kier alpha value is 0.270. The second-order valence-corrected chi connectivity index (χ2v) is 7.88. The second kappa shape index (κ2) is 7.90. The highest BCUT2D eigenvalue weighted by Crippen LogP contribution is 2.40. The molecule has 1 aliphatic carbocycles. The van der Waals surface area contributed by atoms with Crippen molar-refractivity contribution < 1.29 is 5.11 Å². The Kier molecular flexibility index (Phi) is 7.20. The molecular formula is C16H33NOS.